The molecule has 0 aliphatic heterocycles. The van der Waals surface area contributed by atoms with Crippen LogP contribution in [-0.2, 0) is 4.74 Å². The molecule has 1 unspecified atom stereocenters. The van der Waals surface area contributed by atoms with Crippen molar-refractivity contribution in [1.82, 2.24) is 0 Å². The highest BCUT2D eigenvalue weighted by molar-refractivity contribution is 4.76. The SMILES string of the molecule is C=COC(CCCCCCCC)C(C)(C)C. The molecule has 0 spiro atoms. The first-order chi connectivity index (χ1) is 7.52. The van der Waals surface area contributed by atoms with Gasteiger partial charge in [0.2, 0.25) is 0 Å². The number of hydrogen-bond acceptors (Lipinski definition) is 1. The Kier molecular flexibility index (Phi) is 8.42. The average molecular weight is 226 g/mol. The topological polar surface area (TPSA) is 9.23 Å². The third-order valence-corrected chi connectivity index (χ3v) is 3.05. The minimum absolute atomic E-state index is 0.220. The maximum atomic E-state index is 5.60. The molecule has 0 N–H and O–H groups in total. The van der Waals surface area contributed by atoms with Crippen molar-refractivity contribution < 1.29 is 4.74 Å². The Hall–Kier alpha value is -0.460. The summed E-state index contributed by atoms with van der Waals surface area (Å²) in [7, 11) is 0. The van der Waals surface area contributed by atoms with Gasteiger partial charge in [-0.05, 0) is 18.3 Å². The van der Waals surface area contributed by atoms with E-state index in [1.54, 1.807) is 6.26 Å². The van der Waals surface area contributed by atoms with Gasteiger partial charge in [-0.3, -0.25) is 0 Å². The molecule has 16 heavy (non-hydrogen) atoms. The van der Waals surface area contributed by atoms with Crippen LogP contribution in [0.2, 0.25) is 0 Å². The molecular formula is C15H30O. The lowest BCUT2D eigenvalue weighted by atomic mass is 9.86. The second-order valence-electron chi connectivity index (χ2n) is 5.71. The van der Waals surface area contributed by atoms with E-state index in [0.717, 1.165) is 6.42 Å². The van der Waals surface area contributed by atoms with E-state index in [-0.39, 0.29) is 5.41 Å². The Balaban J connectivity index is 3.65. The van der Waals surface area contributed by atoms with E-state index in [1.165, 1.54) is 38.5 Å². The molecule has 1 heteroatoms. The van der Waals surface area contributed by atoms with Gasteiger partial charge in [0.15, 0.2) is 0 Å². The van der Waals surface area contributed by atoms with Crippen LogP contribution in [0, 0.1) is 5.41 Å². The van der Waals surface area contributed by atoms with Crippen molar-refractivity contribution in [3.05, 3.63) is 12.8 Å². The maximum Gasteiger partial charge on any atom is 0.103 e. The summed E-state index contributed by atoms with van der Waals surface area (Å²) in [6, 6.07) is 0. The van der Waals surface area contributed by atoms with Crippen LogP contribution >= 0.6 is 0 Å². The third-order valence-electron chi connectivity index (χ3n) is 3.05. The van der Waals surface area contributed by atoms with Crippen molar-refractivity contribution >= 4 is 0 Å². The molecule has 0 heterocycles. The lowest BCUT2D eigenvalue weighted by molar-refractivity contribution is 0.0374. The number of ether oxygens (including phenoxy) is 1. The fraction of sp³-hybridized carbons (Fsp3) is 0.867. The number of unbranched alkanes of at least 4 members (excludes halogenated alkanes) is 5. The monoisotopic (exact) mass is 226 g/mol. The van der Waals surface area contributed by atoms with Gasteiger partial charge in [-0.15, -0.1) is 0 Å². The Morgan fingerprint density at radius 3 is 2.12 bits per heavy atom. The predicted molar refractivity (Wildman–Crippen MR) is 72.5 cm³/mol. The molecule has 96 valence electrons. The van der Waals surface area contributed by atoms with Crippen LogP contribution in [-0.4, -0.2) is 6.10 Å². The molecule has 1 nitrogen and oxygen atoms in total. The van der Waals surface area contributed by atoms with Gasteiger partial charge >= 0.3 is 0 Å². The summed E-state index contributed by atoms with van der Waals surface area (Å²) in [6.07, 6.45) is 11.1. The molecule has 0 aliphatic carbocycles. The Morgan fingerprint density at radius 2 is 1.62 bits per heavy atom. The standard InChI is InChI=1S/C15H30O/c1-6-8-9-10-11-12-13-14(16-7-2)15(3,4)5/h7,14H,2,6,8-13H2,1,3-5H3. The highest BCUT2D eigenvalue weighted by Gasteiger charge is 2.24. The molecule has 0 bridgehead atoms. The molecule has 0 aromatic heterocycles. The second kappa shape index (κ2) is 8.66. The predicted octanol–water partition coefficient (Wildman–Crippen LogP) is 5.31. The minimum Gasteiger partial charge on any atom is -0.498 e. The smallest absolute Gasteiger partial charge is 0.103 e. The van der Waals surface area contributed by atoms with Gasteiger partial charge < -0.3 is 4.74 Å². The van der Waals surface area contributed by atoms with Crippen molar-refractivity contribution in [1.29, 1.82) is 0 Å². The zero-order chi connectivity index (χ0) is 12.4. The third kappa shape index (κ3) is 7.78. The second-order valence-corrected chi connectivity index (χ2v) is 5.71. The fourth-order valence-electron chi connectivity index (χ4n) is 1.93. The van der Waals surface area contributed by atoms with Crippen molar-refractivity contribution in [3.8, 4) is 0 Å². The van der Waals surface area contributed by atoms with Gasteiger partial charge in [-0.25, -0.2) is 0 Å². The van der Waals surface area contributed by atoms with Gasteiger partial charge in [0.25, 0.3) is 0 Å². The fourth-order valence-corrected chi connectivity index (χ4v) is 1.93. The first-order valence-corrected chi connectivity index (χ1v) is 6.78. The van der Waals surface area contributed by atoms with E-state index >= 15 is 0 Å². The normalized spacial score (nSPS) is 13.5. The molecule has 0 rings (SSSR count). The van der Waals surface area contributed by atoms with Gasteiger partial charge in [0, 0.05) is 0 Å². The van der Waals surface area contributed by atoms with E-state index in [0.29, 0.717) is 6.10 Å². The maximum absolute atomic E-state index is 5.60. The van der Waals surface area contributed by atoms with Crippen LogP contribution < -0.4 is 0 Å². The van der Waals surface area contributed by atoms with Gasteiger partial charge in [-0.1, -0.05) is 66.4 Å². The zero-order valence-corrected chi connectivity index (χ0v) is 11.7. The van der Waals surface area contributed by atoms with Crippen molar-refractivity contribution in [2.45, 2.75) is 78.7 Å². The first-order valence-electron chi connectivity index (χ1n) is 6.78. The van der Waals surface area contributed by atoms with Crippen molar-refractivity contribution in [3.63, 3.8) is 0 Å². The van der Waals surface area contributed by atoms with Crippen LogP contribution in [0.15, 0.2) is 12.8 Å². The van der Waals surface area contributed by atoms with E-state index < -0.39 is 0 Å². The van der Waals surface area contributed by atoms with Crippen LogP contribution in [0.1, 0.15) is 72.6 Å². The molecule has 0 radical (unpaired) electrons. The van der Waals surface area contributed by atoms with Gasteiger partial charge in [0.05, 0.1) is 6.26 Å². The first kappa shape index (κ1) is 15.5. The molecule has 1 atom stereocenters. The number of hydrogen-bond donors (Lipinski definition) is 0. The molecule has 0 fully saturated rings. The molecule has 0 aromatic rings. The van der Waals surface area contributed by atoms with Crippen molar-refractivity contribution in [2.75, 3.05) is 0 Å². The quantitative estimate of drug-likeness (QED) is 0.382. The summed E-state index contributed by atoms with van der Waals surface area (Å²) in [5.41, 5.74) is 0.220. The summed E-state index contributed by atoms with van der Waals surface area (Å²) in [5, 5.41) is 0. The summed E-state index contributed by atoms with van der Waals surface area (Å²) in [4.78, 5) is 0. The summed E-state index contributed by atoms with van der Waals surface area (Å²) in [5.74, 6) is 0. The summed E-state index contributed by atoms with van der Waals surface area (Å²) < 4.78 is 5.60. The van der Waals surface area contributed by atoms with Crippen LogP contribution in [0.25, 0.3) is 0 Å². The lowest BCUT2D eigenvalue weighted by Gasteiger charge is -2.29. The molecule has 0 aromatic carbocycles. The van der Waals surface area contributed by atoms with Crippen LogP contribution in [0.4, 0.5) is 0 Å². The molecular weight excluding hydrogens is 196 g/mol. The Labute approximate surface area is 102 Å². The highest BCUT2D eigenvalue weighted by Crippen LogP contribution is 2.27. The molecule has 0 saturated heterocycles. The molecule has 0 saturated carbocycles. The zero-order valence-electron chi connectivity index (χ0n) is 11.7. The van der Waals surface area contributed by atoms with Crippen LogP contribution in [0.5, 0.6) is 0 Å². The number of rotatable bonds is 9. The molecule has 0 aliphatic rings. The van der Waals surface area contributed by atoms with E-state index in [4.69, 9.17) is 4.74 Å². The van der Waals surface area contributed by atoms with E-state index in [9.17, 15) is 0 Å². The van der Waals surface area contributed by atoms with Gasteiger partial charge in [-0.2, -0.15) is 0 Å². The van der Waals surface area contributed by atoms with E-state index in [2.05, 4.69) is 34.3 Å². The summed E-state index contributed by atoms with van der Waals surface area (Å²) in [6.45, 7) is 12.6. The van der Waals surface area contributed by atoms with Crippen molar-refractivity contribution in [2.24, 2.45) is 5.41 Å². The van der Waals surface area contributed by atoms with E-state index in [1.807, 2.05) is 0 Å². The Morgan fingerprint density at radius 1 is 1.06 bits per heavy atom. The van der Waals surface area contributed by atoms with Crippen LogP contribution in [0.3, 0.4) is 0 Å². The lowest BCUT2D eigenvalue weighted by Crippen LogP contribution is -2.27. The minimum atomic E-state index is 0.220. The Bertz CT molecular complexity index is 167. The summed E-state index contributed by atoms with van der Waals surface area (Å²) >= 11 is 0. The highest BCUT2D eigenvalue weighted by atomic mass is 16.5. The largest absolute Gasteiger partial charge is 0.498 e. The molecule has 0 amide bonds. The van der Waals surface area contributed by atoms with Gasteiger partial charge in [0.1, 0.15) is 6.10 Å². The average Bonchev–Trinajstić information content (AvgIpc) is 2.20.